The summed E-state index contributed by atoms with van der Waals surface area (Å²) in [6.07, 6.45) is 5.23. The maximum absolute atomic E-state index is 11.5. The molecule has 1 heterocycles. The van der Waals surface area contributed by atoms with Gasteiger partial charge >= 0.3 is 5.97 Å². The third kappa shape index (κ3) is 3.32. The maximum Gasteiger partial charge on any atom is 0.331 e. The lowest BCUT2D eigenvalue weighted by Crippen LogP contribution is -2.35. The van der Waals surface area contributed by atoms with Gasteiger partial charge in [-0.25, -0.2) is 4.79 Å². The molecule has 0 spiro atoms. The van der Waals surface area contributed by atoms with Gasteiger partial charge in [0, 0.05) is 12.6 Å². The number of carbonyl (C=O) groups is 2. The van der Waals surface area contributed by atoms with Gasteiger partial charge in [0.25, 0.3) is 0 Å². The number of hydrogen-bond acceptors (Lipinski definition) is 3. The van der Waals surface area contributed by atoms with Crippen molar-refractivity contribution in [1.82, 2.24) is 9.78 Å². The molecule has 1 amide bonds. The van der Waals surface area contributed by atoms with Gasteiger partial charge in [-0.3, -0.25) is 9.48 Å². The minimum absolute atomic E-state index is 0.0791. The first-order valence-electron chi connectivity index (χ1n) is 5.96. The molecule has 0 aliphatic rings. The average Bonchev–Trinajstić information content (AvgIpc) is 2.75. The lowest BCUT2D eigenvalue weighted by Gasteiger charge is -2.19. The molecule has 0 bridgehead atoms. The predicted molar refractivity (Wildman–Crippen MR) is 67.3 cm³/mol. The number of aliphatic carboxylic acids is 1. The lowest BCUT2D eigenvalue weighted by molar-refractivity contribution is -0.146. The number of anilines is 1. The van der Waals surface area contributed by atoms with Crippen LogP contribution in [0.2, 0.25) is 0 Å². The topological polar surface area (TPSA) is 84.2 Å². The quantitative estimate of drug-likeness (QED) is 0.810. The highest BCUT2D eigenvalue weighted by atomic mass is 16.4. The largest absolute Gasteiger partial charge is 0.479 e. The molecule has 0 atom stereocenters. The lowest BCUT2D eigenvalue weighted by atomic mass is 10.1. The third-order valence-electron chi connectivity index (χ3n) is 2.72. The minimum atomic E-state index is -1.13. The number of aromatic nitrogens is 2. The van der Waals surface area contributed by atoms with Crippen molar-refractivity contribution in [1.29, 1.82) is 0 Å². The molecule has 2 N–H and O–H groups in total. The van der Waals surface area contributed by atoms with Crippen molar-refractivity contribution in [2.24, 2.45) is 0 Å². The summed E-state index contributed by atoms with van der Waals surface area (Å²) in [6.45, 7) is 5.11. The molecule has 0 aliphatic carbocycles. The highest BCUT2D eigenvalue weighted by Crippen LogP contribution is 2.17. The van der Waals surface area contributed by atoms with Crippen molar-refractivity contribution >= 4 is 17.6 Å². The van der Waals surface area contributed by atoms with Crippen LogP contribution in [0.3, 0.4) is 0 Å². The first-order chi connectivity index (χ1) is 8.37. The Balaban J connectivity index is 2.69. The van der Waals surface area contributed by atoms with Crippen LogP contribution in [0, 0.1) is 0 Å². The predicted octanol–water partition coefficient (Wildman–Crippen LogP) is 1.83. The number of unbranched alkanes of at least 4 members (excludes halogenated alkanes) is 1. The second-order valence-electron chi connectivity index (χ2n) is 4.69. The third-order valence-corrected chi connectivity index (χ3v) is 2.72. The van der Waals surface area contributed by atoms with E-state index in [0.717, 1.165) is 12.8 Å². The van der Waals surface area contributed by atoms with Gasteiger partial charge in [-0.2, -0.15) is 5.10 Å². The Kier molecular flexibility index (Phi) is 4.47. The molecule has 1 rings (SSSR count). The smallest absolute Gasteiger partial charge is 0.331 e. The molecule has 6 nitrogen and oxygen atoms in total. The first-order valence-corrected chi connectivity index (χ1v) is 5.96. The molecule has 1 aromatic rings. The van der Waals surface area contributed by atoms with E-state index in [1.165, 1.54) is 17.1 Å². The molecule has 0 fully saturated rings. The number of carbonyl (C=O) groups excluding carboxylic acids is 1. The van der Waals surface area contributed by atoms with Crippen LogP contribution in [-0.4, -0.2) is 26.8 Å². The molecule has 0 saturated carbocycles. The Morgan fingerprint density at radius 3 is 2.72 bits per heavy atom. The van der Waals surface area contributed by atoms with Crippen molar-refractivity contribution in [3.63, 3.8) is 0 Å². The Labute approximate surface area is 106 Å². The zero-order chi connectivity index (χ0) is 13.8. The van der Waals surface area contributed by atoms with Crippen LogP contribution in [0.15, 0.2) is 12.4 Å². The Bertz CT molecular complexity index is 438. The number of nitrogens with zero attached hydrogens (tertiary/aromatic N) is 2. The molecule has 1 aromatic heterocycles. The van der Waals surface area contributed by atoms with Gasteiger partial charge in [-0.15, -0.1) is 0 Å². The van der Waals surface area contributed by atoms with Crippen LogP contribution in [0.5, 0.6) is 0 Å². The number of rotatable bonds is 6. The molecule has 0 radical (unpaired) electrons. The van der Waals surface area contributed by atoms with Crippen LogP contribution in [-0.2, 0) is 15.1 Å². The second kappa shape index (κ2) is 5.66. The molecular formula is C12H19N3O3. The van der Waals surface area contributed by atoms with Crippen molar-refractivity contribution in [2.45, 2.75) is 45.6 Å². The van der Waals surface area contributed by atoms with Crippen molar-refractivity contribution in [2.75, 3.05) is 5.32 Å². The normalized spacial score (nSPS) is 11.3. The van der Waals surface area contributed by atoms with E-state index in [4.69, 9.17) is 5.11 Å². The summed E-state index contributed by atoms with van der Waals surface area (Å²) in [5, 5.41) is 15.7. The maximum atomic E-state index is 11.5. The highest BCUT2D eigenvalue weighted by Gasteiger charge is 2.30. The summed E-state index contributed by atoms with van der Waals surface area (Å²) in [7, 11) is 0. The number of amides is 1. The summed E-state index contributed by atoms with van der Waals surface area (Å²) in [4.78, 5) is 22.5. The highest BCUT2D eigenvalue weighted by molar-refractivity contribution is 5.90. The average molecular weight is 253 g/mol. The zero-order valence-corrected chi connectivity index (χ0v) is 10.9. The molecule has 0 unspecified atom stereocenters. The van der Waals surface area contributed by atoms with Crippen LogP contribution >= 0.6 is 0 Å². The van der Waals surface area contributed by atoms with E-state index in [-0.39, 0.29) is 5.91 Å². The molecule has 6 heteroatoms. The SMILES string of the molecule is CCCCC(=O)Nc1cnn(C(C)(C)C(=O)O)c1. The molecule has 0 saturated heterocycles. The Morgan fingerprint density at radius 1 is 1.50 bits per heavy atom. The Hall–Kier alpha value is -1.85. The van der Waals surface area contributed by atoms with Crippen molar-refractivity contribution < 1.29 is 14.7 Å². The summed E-state index contributed by atoms with van der Waals surface area (Å²) in [6, 6.07) is 0. The van der Waals surface area contributed by atoms with E-state index in [2.05, 4.69) is 10.4 Å². The standard InChI is InChI=1S/C12H19N3O3/c1-4-5-6-10(16)14-9-7-13-15(8-9)12(2,3)11(17)18/h7-8H,4-6H2,1-3H3,(H,14,16)(H,17,18). The molecule has 0 aliphatic heterocycles. The summed E-state index contributed by atoms with van der Waals surface area (Å²) >= 11 is 0. The fraction of sp³-hybridized carbons (Fsp3) is 0.583. The molecule has 100 valence electrons. The number of carboxylic acids is 1. The zero-order valence-electron chi connectivity index (χ0n) is 10.9. The second-order valence-corrected chi connectivity index (χ2v) is 4.69. The van der Waals surface area contributed by atoms with Crippen LogP contribution in [0.1, 0.15) is 40.0 Å². The fourth-order valence-electron chi connectivity index (χ4n) is 1.35. The van der Waals surface area contributed by atoms with Crippen molar-refractivity contribution in [3.05, 3.63) is 12.4 Å². The molecule has 0 aromatic carbocycles. The van der Waals surface area contributed by atoms with E-state index in [9.17, 15) is 9.59 Å². The van der Waals surface area contributed by atoms with Crippen LogP contribution < -0.4 is 5.32 Å². The van der Waals surface area contributed by atoms with Gasteiger partial charge in [0.15, 0.2) is 5.54 Å². The van der Waals surface area contributed by atoms with E-state index in [1.807, 2.05) is 6.92 Å². The van der Waals surface area contributed by atoms with E-state index in [1.54, 1.807) is 13.8 Å². The van der Waals surface area contributed by atoms with Gasteiger partial charge in [-0.1, -0.05) is 13.3 Å². The fourth-order valence-corrected chi connectivity index (χ4v) is 1.35. The van der Waals surface area contributed by atoms with E-state index >= 15 is 0 Å². The first kappa shape index (κ1) is 14.2. The van der Waals surface area contributed by atoms with Gasteiger partial charge in [-0.05, 0) is 20.3 Å². The number of carboxylic acid groups (broad SMARTS) is 1. The molecular weight excluding hydrogens is 234 g/mol. The number of hydrogen-bond donors (Lipinski definition) is 2. The van der Waals surface area contributed by atoms with Crippen molar-refractivity contribution in [3.8, 4) is 0 Å². The number of nitrogens with one attached hydrogen (secondary N) is 1. The van der Waals surface area contributed by atoms with E-state index in [0.29, 0.717) is 12.1 Å². The summed E-state index contributed by atoms with van der Waals surface area (Å²) in [5.41, 5.74) is -0.614. The van der Waals surface area contributed by atoms with Crippen LogP contribution in [0.25, 0.3) is 0 Å². The summed E-state index contributed by atoms with van der Waals surface area (Å²) < 4.78 is 1.32. The van der Waals surface area contributed by atoms with Gasteiger partial charge in [0.1, 0.15) is 0 Å². The van der Waals surface area contributed by atoms with Gasteiger partial charge < -0.3 is 10.4 Å². The van der Waals surface area contributed by atoms with Crippen LogP contribution in [0.4, 0.5) is 5.69 Å². The summed E-state index contributed by atoms with van der Waals surface area (Å²) in [5.74, 6) is -1.06. The minimum Gasteiger partial charge on any atom is -0.479 e. The monoisotopic (exact) mass is 253 g/mol. The van der Waals surface area contributed by atoms with Gasteiger partial charge in [0.2, 0.25) is 5.91 Å². The Morgan fingerprint density at radius 2 is 2.17 bits per heavy atom. The molecule has 18 heavy (non-hydrogen) atoms. The van der Waals surface area contributed by atoms with Gasteiger partial charge in [0.05, 0.1) is 11.9 Å². The van der Waals surface area contributed by atoms with E-state index < -0.39 is 11.5 Å².